The molecule has 1 saturated heterocycles. The summed E-state index contributed by atoms with van der Waals surface area (Å²) in [5, 5.41) is 15.8. The maximum Gasteiger partial charge on any atom is 0.227 e. The second-order valence-electron chi connectivity index (χ2n) is 7.82. The van der Waals surface area contributed by atoms with Crippen molar-refractivity contribution < 1.29 is 19.3 Å². The van der Waals surface area contributed by atoms with E-state index in [9.17, 15) is 5.11 Å². The average molecular weight is 467 g/mol. The molecule has 10 heteroatoms. The number of nitrogens with zero attached hydrogens (tertiary/aromatic N) is 4. The number of anilines is 3. The predicted molar refractivity (Wildman–Crippen MR) is 130 cm³/mol. The molecule has 1 unspecified atom stereocenters. The van der Waals surface area contributed by atoms with Crippen molar-refractivity contribution in [2.45, 2.75) is 12.5 Å². The highest BCUT2D eigenvalue weighted by Gasteiger charge is 2.20. The molecule has 2 aromatic heterocycles. The first-order valence-electron chi connectivity index (χ1n) is 11.1. The second kappa shape index (κ2) is 11.0. The number of rotatable bonds is 9. The zero-order chi connectivity index (χ0) is 23.9. The number of nitrogens with one attached hydrogen (secondary N) is 2. The summed E-state index contributed by atoms with van der Waals surface area (Å²) in [7, 11) is 4.71. The molecule has 3 heterocycles. The summed E-state index contributed by atoms with van der Waals surface area (Å²) in [6.45, 7) is 2.75. The van der Waals surface area contributed by atoms with E-state index in [2.05, 4.69) is 30.5 Å². The van der Waals surface area contributed by atoms with Crippen LogP contribution in [0, 0.1) is 0 Å². The lowest BCUT2D eigenvalue weighted by atomic mass is 10.1. The number of benzene rings is 1. The minimum Gasteiger partial charge on any atom is -0.493 e. The van der Waals surface area contributed by atoms with E-state index in [0.29, 0.717) is 28.9 Å². The minimum absolute atomic E-state index is 0.179. The Hall–Kier alpha value is -3.63. The first-order valence-corrected chi connectivity index (χ1v) is 11.1. The molecule has 3 N–H and O–H groups in total. The van der Waals surface area contributed by atoms with Gasteiger partial charge in [0, 0.05) is 68.1 Å². The van der Waals surface area contributed by atoms with Gasteiger partial charge in [0.15, 0.2) is 11.5 Å². The van der Waals surface area contributed by atoms with E-state index in [-0.39, 0.29) is 12.6 Å². The van der Waals surface area contributed by atoms with Gasteiger partial charge < -0.3 is 34.9 Å². The van der Waals surface area contributed by atoms with Crippen LogP contribution in [0.2, 0.25) is 0 Å². The molecule has 0 spiro atoms. The number of aliphatic hydroxyl groups is 1. The lowest BCUT2D eigenvalue weighted by Gasteiger charge is -2.34. The van der Waals surface area contributed by atoms with Crippen LogP contribution in [0.5, 0.6) is 17.2 Å². The number of methoxy groups -OCH3 is 3. The second-order valence-corrected chi connectivity index (χ2v) is 7.82. The van der Waals surface area contributed by atoms with E-state index < -0.39 is 0 Å². The van der Waals surface area contributed by atoms with Crippen LogP contribution >= 0.6 is 0 Å². The maximum absolute atomic E-state index is 9.22. The number of aromatic nitrogens is 3. The topological polar surface area (TPSA) is 114 Å². The van der Waals surface area contributed by atoms with Crippen molar-refractivity contribution >= 4 is 17.5 Å². The van der Waals surface area contributed by atoms with Crippen LogP contribution in [0.25, 0.3) is 11.3 Å². The first-order chi connectivity index (χ1) is 16.6. The quantitative estimate of drug-likeness (QED) is 0.434. The number of ether oxygens (including phenoxy) is 3. The number of hydrogen-bond acceptors (Lipinski definition) is 10. The molecule has 34 heavy (non-hydrogen) atoms. The molecular formula is C24H30N6O4. The zero-order valence-electron chi connectivity index (χ0n) is 19.6. The van der Waals surface area contributed by atoms with E-state index in [1.807, 2.05) is 24.4 Å². The van der Waals surface area contributed by atoms with E-state index in [4.69, 9.17) is 14.2 Å². The third-order valence-electron chi connectivity index (χ3n) is 5.68. The van der Waals surface area contributed by atoms with E-state index >= 15 is 0 Å². The van der Waals surface area contributed by atoms with Crippen molar-refractivity contribution in [2.75, 3.05) is 57.8 Å². The predicted octanol–water partition coefficient (Wildman–Crippen LogP) is 2.47. The number of piperazine rings is 1. The van der Waals surface area contributed by atoms with Crippen LogP contribution in [0.4, 0.5) is 17.5 Å². The average Bonchev–Trinajstić information content (AvgIpc) is 2.88. The molecule has 4 rings (SSSR count). The number of aliphatic hydroxyl groups excluding tert-OH is 1. The van der Waals surface area contributed by atoms with Crippen molar-refractivity contribution in [1.82, 2.24) is 20.3 Å². The third kappa shape index (κ3) is 5.29. The summed E-state index contributed by atoms with van der Waals surface area (Å²) >= 11 is 0. The van der Waals surface area contributed by atoms with Gasteiger partial charge in [-0.25, -0.2) is 15.0 Å². The van der Waals surface area contributed by atoms with Crippen molar-refractivity contribution in [3.8, 4) is 28.5 Å². The molecule has 1 fully saturated rings. The lowest BCUT2D eigenvalue weighted by Crippen LogP contribution is -2.51. The van der Waals surface area contributed by atoms with Crippen molar-refractivity contribution in [2.24, 2.45) is 0 Å². The summed E-state index contributed by atoms with van der Waals surface area (Å²) in [5.41, 5.74) is 2.35. The lowest BCUT2D eigenvalue weighted by molar-refractivity contribution is 0.260. The van der Waals surface area contributed by atoms with Gasteiger partial charge in [-0.1, -0.05) is 0 Å². The Morgan fingerprint density at radius 1 is 1.09 bits per heavy atom. The van der Waals surface area contributed by atoms with Crippen molar-refractivity contribution in [3.63, 3.8) is 0 Å². The van der Waals surface area contributed by atoms with Crippen molar-refractivity contribution in [1.29, 1.82) is 0 Å². The number of pyridine rings is 1. The molecule has 10 nitrogen and oxygen atoms in total. The fraction of sp³-hybridized carbons (Fsp3) is 0.375. The molecule has 0 radical (unpaired) electrons. The molecule has 1 aliphatic heterocycles. The third-order valence-corrected chi connectivity index (χ3v) is 5.68. The van der Waals surface area contributed by atoms with Crippen LogP contribution in [-0.4, -0.2) is 73.7 Å². The Balaban J connectivity index is 1.51. The summed E-state index contributed by atoms with van der Waals surface area (Å²) in [6, 6.07) is 9.73. The molecule has 0 amide bonds. The van der Waals surface area contributed by atoms with Crippen LogP contribution in [-0.2, 0) is 0 Å². The van der Waals surface area contributed by atoms with Gasteiger partial charge >= 0.3 is 0 Å². The molecule has 180 valence electrons. The Morgan fingerprint density at radius 2 is 1.88 bits per heavy atom. The summed E-state index contributed by atoms with van der Waals surface area (Å²) in [4.78, 5) is 15.9. The Labute approximate surface area is 198 Å². The molecule has 3 aromatic rings. The Morgan fingerprint density at radius 3 is 2.53 bits per heavy atom. The fourth-order valence-electron chi connectivity index (χ4n) is 3.97. The minimum atomic E-state index is 0.179. The molecule has 1 aliphatic rings. The van der Waals surface area contributed by atoms with Gasteiger partial charge in [0.1, 0.15) is 5.82 Å². The van der Waals surface area contributed by atoms with Crippen LogP contribution in [0.15, 0.2) is 42.7 Å². The Bertz CT molecular complexity index is 1070. The monoisotopic (exact) mass is 466 g/mol. The van der Waals surface area contributed by atoms with Gasteiger partial charge in [0.25, 0.3) is 0 Å². The van der Waals surface area contributed by atoms with E-state index in [1.165, 1.54) is 0 Å². The van der Waals surface area contributed by atoms with Crippen LogP contribution in [0.1, 0.15) is 6.42 Å². The SMILES string of the molecule is COc1cc(Nc2nccc(-c3ccc(N4CCNC(CCO)C4)nc3)n2)cc(OC)c1OC. The van der Waals surface area contributed by atoms with E-state index in [1.54, 1.807) is 39.7 Å². The fourth-order valence-corrected chi connectivity index (χ4v) is 3.97. The highest BCUT2D eigenvalue weighted by atomic mass is 16.5. The molecular weight excluding hydrogens is 436 g/mol. The molecule has 1 atom stereocenters. The standard InChI is InChI=1S/C24H30N6O4/c1-32-20-12-18(13-21(33-2)23(20)34-3)28-24-26-8-6-19(29-24)16-4-5-22(27-14-16)30-10-9-25-17(15-30)7-11-31/h4-6,8,12-14,17,25,31H,7,9-11,15H2,1-3H3,(H,26,28,29). The molecule has 0 aliphatic carbocycles. The smallest absolute Gasteiger partial charge is 0.227 e. The normalized spacial score (nSPS) is 15.6. The zero-order valence-corrected chi connectivity index (χ0v) is 19.6. The maximum atomic E-state index is 9.22. The highest BCUT2D eigenvalue weighted by Crippen LogP contribution is 2.40. The highest BCUT2D eigenvalue weighted by molar-refractivity contribution is 5.67. The van der Waals surface area contributed by atoms with Crippen LogP contribution < -0.4 is 29.7 Å². The van der Waals surface area contributed by atoms with Gasteiger partial charge in [0.05, 0.1) is 27.0 Å². The van der Waals surface area contributed by atoms with Gasteiger partial charge in [-0.3, -0.25) is 0 Å². The van der Waals surface area contributed by atoms with Gasteiger partial charge in [0.2, 0.25) is 11.7 Å². The van der Waals surface area contributed by atoms with Gasteiger partial charge in [-0.2, -0.15) is 0 Å². The largest absolute Gasteiger partial charge is 0.493 e. The van der Waals surface area contributed by atoms with Gasteiger partial charge in [-0.15, -0.1) is 0 Å². The number of hydrogen-bond donors (Lipinski definition) is 3. The molecule has 0 bridgehead atoms. The summed E-state index contributed by atoms with van der Waals surface area (Å²) < 4.78 is 16.2. The Kier molecular flexibility index (Phi) is 7.61. The van der Waals surface area contributed by atoms with Crippen molar-refractivity contribution in [3.05, 3.63) is 42.7 Å². The first kappa shape index (κ1) is 23.5. The van der Waals surface area contributed by atoms with Gasteiger partial charge in [-0.05, 0) is 24.6 Å². The van der Waals surface area contributed by atoms with Crippen LogP contribution in [0.3, 0.4) is 0 Å². The summed E-state index contributed by atoms with van der Waals surface area (Å²) in [5.74, 6) is 2.94. The van der Waals surface area contributed by atoms with E-state index in [0.717, 1.165) is 43.1 Å². The summed E-state index contributed by atoms with van der Waals surface area (Å²) in [6.07, 6.45) is 4.26. The molecule has 0 saturated carbocycles. The molecule has 1 aromatic carbocycles.